The fourth-order valence-corrected chi connectivity index (χ4v) is 2.08. The summed E-state index contributed by atoms with van der Waals surface area (Å²) in [5.74, 6) is -0.0931. The first-order valence-electron chi connectivity index (χ1n) is 6.60. The molecule has 5 heteroatoms. The van der Waals surface area contributed by atoms with Crippen LogP contribution in [0, 0.1) is 20.8 Å². The molecule has 2 N–H and O–H groups in total. The Morgan fingerprint density at radius 3 is 2.55 bits per heavy atom. The van der Waals surface area contributed by atoms with Crippen LogP contribution in [-0.4, -0.2) is 15.5 Å². The molecule has 1 aromatic heterocycles. The number of carbonyl (C=O) groups excluding carboxylic acids is 1. The van der Waals surface area contributed by atoms with E-state index in [2.05, 4.69) is 10.3 Å². The van der Waals surface area contributed by atoms with Gasteiger partial charge in [0, 0.05) is 30.0 Å². The molecule has 0 aliphatic heterocycles. The van der Waals surface area contributed by atoms with E-state index in [1.807, 2.05) is 45.0 Å². The third-order valence-corrected chi connectivity index (χ3v) is 3.47. The molecule has 0 atom stereocenters. The molecule has 0 radical (unpaired) electrons. The summed E-state index contributed by atoms with van der Waals surface area (Å²) in [5, 5.41) is 2.86. The minimum absolute atomic E-state index is 0.0931. The third-order valence-electron chi connectivity index (χ3n) is 3.47. The van der Waals surface area contributed by atoms with Crippen molar-refractivity contribution in [1.82, 2.24) is 9.55 Å². The van der Waals surface area contributed by atoms with Gasteiger partial charge in [-0.2, -0.15) is 0 Å². The molecule has 0 bridgehead atoms. The lowest BCUT2D eigenvalue weighted by Gasteiger charge is -2.08. The Morgan fingerprint density at radius 1 is 1.25 bits per heavy atom. The number of H-pyrrole nitrogens is 1. The number of rotatable bonds is 4. The van der Waals surface area contributed by atoms with Gasteiger partial charge in [0.1, 0.15) is 0 Å². The van der Waals surface area contributed by atoms with Gasteiger partial charge in [0.15, 0.2) is 0 Å². The van der Waals surface area contributed by atoms with Gasteiger partial charge in [-0.3, -0.25) is 9.36 Å². The number of carbonyl (C=O) groups is 1. The molecule has 0 saturated carbocycles. The van der Waals surface area contributed by atoms with Crippen molar-refractivity contribution in [3.05, 3.63) is 51.7 Å². The van der Waals surface area contributed by atoms with Crippen LogP contribution in [0.4, 0.5) is 5.69 Å². The second-order valence-electron chi connectivity index (χ2n) is 4.91. The molecule has 0 unspecified atom stereocenters. The number of aryl methyl sites for hydroxylation is 2. The van der Waals surface area contributed by atoms with Crippen LogP contribution in [0.25, 0.3) is 0 Å². The van der Waals surface area contributed by atoms with Gasteiger partial charge in [0.25, 0.3) is 0 Å². The highest BCUT2D eigenvalue weighted by Crippen LogP contribution is 2.13. The molecular weight excluding hydrogens is 254 g/mol. The van der Waals surface area contributed by atoms with Crippen LogP contribution in [-0.2, 0) is 11.3 Å². The Kier molecular flexibility index (Phi) is 4.08. The average Bonchev–Trinajstić information content (AvgIpc) is 2.64. The highest BCUT2D eigenvalue weighted by Gasteiger charge is 2.09. The van der Waals surface area contributed by atoms with Crippen LogP contribution < -0.4 is 11.0 Å². The number of hydrogen-bond acceptors (Lipinski definition) is 2. The summed E-state index contributed by atoms with van der Waals surface area (Å²) < 4.78 is 1.59. The maximum atomic E-state index is 11.9. The molecule has 2 aromatic rings. The maximum absolute atomic E-state index is 11.9. The highest BCUT2D eigenvalue weighted by molar-refractivity contribution is 5.91. The number of benzene rings is 1. The van der Waals surface area contributed by atoms with Crippen LogP contribution in [0.5, 0.6) is 0 Å². The first kappa shape index (κ1) is 14.1. The highest BCUT2D eigenvalue weighted by atomic mass is 16.2. The van der Waals surface area contributed by atoms with Crippen molar-refractivity contribution in [2.45, 2.75) is 33.7 Å². The van der Waals surface area contributed by atoms with Crippen molar-refractivity contribution in [3.8, 4) is 0 Å². The van der Waals surface area contributed by atoms with E-state index in [9.17, 15) is 9.59 Å². The van der Waals surface area contributed by atoms with Crippen molar-refractivity contribution < 1.29 is 4.79 Å². The number of aromatic amines is 1. The predicted octanol–water partition coefficient (Wildman–Crippen LogP) is 2.13. The predicted molar refractivity (Wildman–Crippen MR) is 79.0 cm³/mol. The topological polar surface area (TPSA) is 66.9 Å². The van der Waals surface area contributed by atoms with E-state index in [0.29, 0.717) is 6.54 Å². The quantitative estimate of drug-likeness (QED) is 0.896. The average molecular weight is 273 g/mol. The molecule has 0 aliphatic rings. The molecule has 1 heterocycles. The summed E-state index contributed by atoms with van der Waals surface area (Å²) in [6.07, 6.45) is 0.270. The second kappa shape index (κ2) is 5.77. The van der Waals surface area contributed by atoms with Crippen molar-refractivity contribution in [2.24, 2.45) is 0 Å². The third kappa shape index (κ3) is 2.99. The number of anilines is 1. The molecule has 0 aliphatic carbocycles. The minimum Gasteiger partial charge on any atom is -0.326 e. The monoisotopic (exact) mass is 273 g/mol. The Labute approximate surface area is 117 Å². The lowest BCUT2D eigenvalue weighted by Crippen LogP contribution is -2.22. The molecule has 1 amide bonds. The van der Waals surface area contributed by atoms with Crippen molar-refractivity contribution in [1.29, 1.82) is 0 Å². The van der Waals surface area contributed by atoms with Crippen LogP contribution in [0.2, 0.25) is 0 Å². The van der Waals surface area contributed by atoms with Gasteiger partial charge in [0.05, 0.1) is 0 Å². The van der Waals surface area contributed by atoms with Crippen LogP contribution in [0.15, 0.2) is 29.1 Å². The van der Waals surface area contributed by atoms with E-state index < -0.39 is 0 Å². The smallest absolute Gasteiger partial charge is 0.325 e. The molecule has 0 saturated heterocycles. The summed E-state index contributed by atoms with van der Waals surface area (Å²) in [6, 6.07) is 7.62. The summed E-state index contributed by atoms with van der Waals surface area (Å²) in [4.78, 5) is 26.3. The molecule has 2 rings (SSSR count). The van der Waals surface area contributed by atoms with E-state index in [0.717, 1.165) is 22.6 Å². The van der Waals surface area contributed by atoms with Gasteiger partial charge >= 0.3 is 5.69 Å². The Morgan fingerprint density at radius 2 is 1.95 bits per heavy atom. The summed E-state index contributed by atoms with van der Waals surface area (Å²) in [6.45, 7) is 6.04. The number of imidazole rings is 1. The fourth-order valence-electron chi connectivity index (χ4n) is 2.08. The zero-order valence-electron chi connectivity index (χ0n) is 12.0. The molecule has 1 aromatic carbocycles. The summed E-state index contributed by atoms with van der Waals surface area (Å²) >= 11 is 0. The fraction of sp³-hybridized carbons (Fsp3) is 0.333. The first-order chi connectivity index (χ1) is 9.49. The lowest BCUT2D eigenvalue weighted by atomic mass is 10.2. The number of amides is 1. The van der Waals surface area contributed by atoms with Gasteiger partial charge in [-0.1, -0.05) is 18.2 Å². The number of hydrogen-bond donors (Lipinski definition) is 2. The van der Waals surface area contributed by atoms with Crippen LogP contribution in [0.1, 0.15) is 23.4 Å². The molecule has 106 valence electrons. The van der Waals surface area contributed by atoms with Gasteiger partial charge in [0.2, 0.25) is 5.91 Å². The largest absolute Gasteiger partial charge is 0.326 e. The number of para-hydroxylation sites is 1. The van der Waals surface area contributed by atoms with Crippen LogP contribution in [0.3, 0.4) is 0 Å². The maximum Gasteiger partial charge on any atom is 0.325 e. The molecule has 5 nitrogen and oxygen atoms in total. The van der Waals surface area contributed by atoms with Gasteiger partial charge < -0.3 is 10.3 Å². The summed E-state index contributed by atoms with van der Waals surface area (Å²) in [5.41, 5.74) is 3.38. The van der Waals surface area contributed by atoms with Crippen LogP contribution >= 0.6 is 0 Å². The van der Waals surface area contributed by atoms with Crippen molar-refractivity contribution in [2.75, 3.05) is 5.32 Å². The standard InChI is InChI=1S/C15H19N3O2/c1-10-6-4-5-7-13(10)17-14(19)8-9-18-12(3)11(2)16-15(18)20/h4-7H,8-9H2,1-3H3,(H,16,20)(H,17,19). The zero-order valence-corrected chi connectivity index (χ0v) is 12.0. The van der Waals surface area contributed by atoms with Crippen molar-refractivity contribution >= 4 is 11.6 Å². The zero-order chi connectivity index (χ0) is 14.7. The van der Waals surface area contributed by atoms with E-state index in [4.69, 9.17) is 0 Å². The van der Waals surface area contributed by atoms with Gasteiger partial charge in [-0.15, -0.1) is 0 Å². The first-order valence-corrected chi connectivity index (χ1v) is 6.60. The molecule has 20 heavy (non-hydrogen) atoms. The normalized spacial score (nSPS) is 10.6. The molecule has 0 spiro atoms. The molecule has 0 fully saturated rings. The second-order valence-corrected chi connectivity index (χ2v) is 4.91. The van der Waals surface area contributed by atoms with Crippen molar-refractivity contribution in [3.63, 3.8) is 0 Å². The summed E-state index contributed by atoms with van der Waals surface area (Å²) in [7, 11) is 0. The van der Waals surface area contributed by atoms with Gasteiger partial charge in [-0.25, -0.2) is 4.79 Å². The number of aromatic nitrogens is 2. The lowest BCUT2D eigenvalue weighted by molar-refractivity contribution is -0.116. The number of nitrogens with one attached hydrogen (secondary N) is 2. The molecular formula is C15H19N3O2. The Bertz CT molecular complexity index is 683. The van der Waals surface area contributed by atoms with E-state index in [1.54, 1.807) is 4.57 Å². The number of nitrogens with zero attached hydrogens (tertiary/aromatic N) is 1. The van der Waals surface area contributed by atoms with E-state index in [1.165, 1.54) is 0 Å². The Hall–Kier alpha value is -2.30. The van der Waals surface area contributed by atoms with E-state index >= 15 is 0 Å². The SMILES string of the molecule is Cc1ccccc1NC(=O)CCn1c(C)c(C)[nH]c1=O. The van der Waals surface area contributed by atoms with E-state index in [-0.39, 0.29) is 18.0 Å². The Balaban J connectivity index is 1.99. The van der Waals surface area contributed by atoms with Gasteiger partial charge in [-0.05, 0) is 32.4 Å². The minimum atomic E-state index is -0.163.